The molecule has 2 aliphatic rings. The van der Waals surface area contributed by atoms with Crippen LogP contribution in [-0.4, -0.2) is 15.9 Å². The van der Waals surface area contributed by atoms with Crippen LogP contribution in [0.2, 0.25) is 0 Å². The summed E-state index contributed by atoms with van der Waals surface area (Å²) in [5, 5.41) is 0.725. The van der Waals surface area contributed by atoms with Crippen molar-refractivity contribution in [1.29, 1.82) is 0 Å². The number of rotatable bonds is 3. The number of thiophene rings is 2. The van der Waals surface area contributed by atoms with Crippen LogP contribution in [0.3, 0.4) is 0 Å². The minimum atomic E-state index is -0.335. The first kappa shape index (κ1) is 17.1. The zero-order valence-electron chi connectivity index (χ0n) is 15.1. The Morgan fingerprint density at radius 3 is 3.07 bits per heavy atom. The summed E-state index contributed by atoms with van der Waals surface area (Å²) in [5.41, 5.74) is 2.32. The molecule has 0 saturated heterocycles. The molecule has 3 heterocycles. The van der Waals surface area contributed by atoms with Gasteiger partial charge in [-0.2, -0.15) is 0 Å². The van der Waals surface area contributed by atoms with Gasteiger partial charge < -0.3 is 9.72 Å². The number of aromatic nitrogens is 2. The Kier molecular flexibility index (Phi) is 4.16. The molecule has 1 N–H and O–H groups in total. The maximum atomic E-state index is 12.5. The number of hydrogen-bond donors (Lipinski definition) is 1. The van der Waals surface area contributed by atoms with Gasteiger partial charge in [-0.05, 0) is 61.6 Å². The van der Waals surface area contributed by atoms with Crippen molar-refractivity contribution in [2.75, 3.05) is 0 Å². The van der Waals surface area contributed by atoms with Crippen molar-refractivity contribution in [2.24, 2.45) is 5.92 Å². The third kappa shape index (κ3) is 3.02. The Hall–Kier alpha value is -1.99. The number of nitrogens with one attached hydrogen (secondary N) is 1. The normalized spacial score (nSPS) is 18.5. The van der Waals surface area contributed by atoms with Gasteiger partial charge in [0.25, 0.3) is 5.56 Å². The Morgan fingerprint density at radius 1 is 1.30 bits per heavy atom. The number of H-pyrrole nitrogens is 1. The van der Waals surface area contributed by atoms with Crippen LogP contribution in [0.5, 0.6) is 0 Å². The lowest BCUT2D eigenvalue weighted by Crippen LogP contribution is -2.14. The predicted molar refractivity (Wildman–Crippen MR) is 107 cm³/mol. The summed E-state index contributed by atoms with van der Waals surface area (Å²) in [5.74, 6) is 0.749. The molecule has 0 bridgehead atoms. The van der Waals surface area contributed by atoms with E-state index in [0.717, 1.165) is 47.9 Å². The molecule has 3 aromatic heterocycles. The lowest BCUT2D eigenvalue weighted by molar-refractivity contribution is 0.0468. The van der Waals surface area contributed by atoms with E-state index in [2.05, 4.69) is 16.9 Å². The zero-order valence-corrected chi connectivity index (χ0v) is 16.7. The smallest absolute Gasteiger partial charge is 0.348 e. The van der Waals surface area contributed by atoms with Crippen LogP contribution < -0.4 is 5.56 Å². The monoisotopic (exact) mass is 400 g/mol. The van der Waals surface area contributed by atoms with E-state index in [-0.39, 0.29) is 18.1 Å². The van der Waals surface area contributed by atoms with Gasteiger partial charge in [0.15, 0.2) is 0 Å². The van der Waals surface area contributed by atoms with E-state index in [1.807, 2.05) is 6.07 Å². The van der Waals surface area contributed by atoms with Gasteiger partial charge in [-0.1, -0.05) is 6.92 Å². The fourth-order valence-electron chi connectivity index (χ4n) is 4.13. The lowest BCUT2D eigenvalue weighted by atomic mass is 9.90. The Bertz CT molecular complexity index is 1110. The van der Waals surface area contributed by atoms with Crippen LogP contribution in [0.25, 0.3) is 10.2 Å². The molecule has 5 rings (SSSR count). The second-order valence-electron chi connectivity index (χ2n) is 7.53. The van der Waals surface area contributed by atoms with E-state index >= 15 is 0 Å². The van der Waals surface area contributed by atoms with Crippen LogP contribution in [0.15, 0.2) is 10.9 Å². The largest absolute Gasteiger partial charge is 0.453 e. The maximum absolute atomic E-state index is 12.5. The Morgan fingerprint density at radius 2 is 2.19 bits per heavy atom. The number of hydrogen-bond acceptors (Lipinski definition) is 6. The number of carbonyl (C=O) groups is 1. The summed E-state index contributed by atoms with van der Waals surface area (Å²) in [4.78, 5) is 36.2. The van der Waals surface area contributed by atoms with E-state index in [1.165, 1.54) is 33.1 Å². The maximum Gasteiger partial charge on any atom is 0.348 e. The second-order valence-corrected chi connectivity index (χ2v) is 9.75. The lowest BCUT2D eigenvalue weighted by Gasteiger charge is -2.16. The second kappa shape index (κ2) is 6.56. The van der Waals surface area contributed by atoms with Crippen LogP contribution >= 0.6 is 22.7 Å². The van der Waals surface area contributed by atoms with Gasteiger partial charge in [-0.25, -0.2) is 9.78 Å². The number of aryl methyl sites for hydroxylation is 3. The summed E-state index contributed by atoms with van der Waals surface area (Å²) in [6, 6.07) is 1.97. The molecule has 0 saturated carbocycles. The molecule has 0 radical (unpaired) electrons. The Balaban J connectivity index is 1.34. The van der Waals surface area contributed by atoms with Crippen LogP contribution in [0.4, 0.5) is 0 Å². The van der Waals surface area contributed by atoms with E-state index < -0.39 is 0 Å². The van der Waals surface area contributed by atoms with Gasteiger partial charge in [0.1, 0.15) is 22.1 Å². The first-order chi connectivity index (χ1) is 13.1. The van der Waals surface area contributed by atoms with Crippen molar-refractivity contribution in [3.63, 3.8) is 0 Å². The van der Waals surface area contributed by atoms with Gasteiger partial charge in [-0.15, -0.1) is 22.7 Å². The van der Waals surface area contributed by atoms with Crippen molar-refractivity contribution in [3.05, 3.63) is 48.0 Å². The molecule has 0 unspecified atom stereocenters. The summed E-state index contributed by atoms with van der Waals surface area (Å²) < 4.78 is 5.44. The van der Waals surface area contributed by atoms with Crippen molar-refractivity contribution >= 4 is 38.9 Å². The molecule has 0 aliphatic heterocycles. The molecule has 3 aromatic rings. The molecule has 5 nitrogen and oxygen atoms in total. The van der Waals surface area contributed by atoms with E-state index in [9.17, 15) is 9.59 Å². The molecule has 0 amide bonds. The highest BCUT2D eigenvalue weighted by Crippen LogP contribution is 2.35. The van der Waals surface area contributed by atoms with Gasteiger partial charge in [0.2, 0.25) is 0 Å². The third-order valence-corrected chi connectivity index (χ3v) is 7.90. The molecule has 27 heavy (non-hydrogen) atoms. The van der Waals surface area contributed by atoms with Crippen molar-refractivity contribution in [3.8, 4) is 0 Å². The highest BCUT2D eigenvalue weighted by atomic mass is 32.1. The molecule has 0 aromatic carbocycles. The van der Waals surface area contributed by atoms with Crippen LogP contribution in [0.1, 0.15) is 56.1 Å². The molecule has 0 fully saturated rings. The topological polar surface area (TPSA) is 72.0 Å². The first-order valence-electron chi connectivity index (χ1n) is 9.40. The number of nitrogens with zero attached hydrogens (tertiary/aromatic N) is 1. The molecule has 2 aliphatic carbocycles. The average molecular weight is 401 g/mol. The fourth-order valence-corrected chi connectivity index (χ4v) is 6.51. The molecule has 1 atom stereocenters. The van der Waals surface area contributed by atoms with Crippen LogP contribution in [-0.2, 0) is 37.0 Å². The summed E-state index contributed by atoms with van der Waals surface area (Å²) >= 11 is 3.13. The highest BCUT2D eigenvalue weighted by Gasteiger charge is 2.23. The van der Waals surface area contributed by atoms with E-state index in [0.29, 0.717) is 16.6 Å². The molecule has 140 valence electrons. The third-order valence-electron chi connectivity index (χ3n) is 5.49. The van der Waals surface area contributed by atoms with Gasteiger partial charge in [-0.3, -0.25) is 4.79 Å². The predicted octanol–water partition coefficient (Wildman–Crippen LogP) is 4.02. The summed E-state index contributed by atoms with van der Waals surface area (Å²) in [6.07, 6.45) is 6.35. The molecule has 0 spiro atoms. The van der Waals surface area contributed by atoms with Crippen molar-refractivity contribution in [2.45, 2.75) is 52.1 Å². The average Bonchev–Trinajstić information content (AvgIpc) is 3.32. The molecule has 7 heteroatoms. The van der Waals surface area contributed by atoms with Gasteiger partial charge in [0.05, 0.1) is 5.39 Å². The SMILES string of the molecule is C[C@@H]1CCc2sc(C(=O)OCc3nc4sc5c(c4c(=O)[nH]3)CCC5)cc2C1. The summed E-state index contributed by atoms with van der Waals surface area (Å²) in [7, 11) is 0. The van der Waals surface area contributed by atoms with Crippen molar-refractivity contribution in [1.82, 2.24) is 9.97 Å². The first-order valence-corrected chi connectivity index (χ1v) is 11.0. The quantitative estimate of drug-likeness (QED) is 0.674. The summed E-state index contributed by atoms with van der Waals surface area (Å²) in [6.45, 7) is 2.24. The number of ether oxygens (including phenoxy) is 1. The van der Waals surface area contributed by atoms with Crippen molar-refractivity contribution < 1.29 is 9.53 Å². The highest BCUT2D eigenvalue weighted by molar-refractivity contribution is 7.18. The molecular weight excluding hydrogens is 380 g/mol. The van der Waals surface area contributed by atoms with Gasteiger partial charge in [0, 0.05) is 9.75 Å². The number of esters is 1. The Labute approximate surface area is 164 Å². The molecular formula is C20H20N2O3S2. The minimum absolute atomic E-state index is 0.00838. The fraction of sp³-hybridized carbons (Fsp3) is 0.450. The number of carbonyl (C=O) groups excluding carboxylic acids is 1. The zero-order chi connectivity index (χ0) is 18.5. The van der Waals surface area contributed by atoms with Gasteiger partial charge >= 0.3 is 5.97 Å². The van der Waals surface area contributed by atoms with Crippen LogP contribution in [0, 0.1) is 5.92 Å². The van der Waals surface area contributed by atoms with E-state index in [4.69, 9.17) is 4.74 Å². The van der Waals surface area contributed by atoms with E-state index in [1.54, 1.807) is 11.3 Å². The number of aromatic amines is 1. The minimum Gasteiger partial charge on any atom is -0.453 e. The number of fused-ring (bicyclic) bond motifs is 4. The standard InChI is InChI=1S/C20H20N2O3S2/c1-10-5-6-13-11(7-10)8-15(26-13)20(24)25-9-16-21-18(23)17-12-3-2-4-14(12)27-19(17)22-16/h8,10H,2-7,9H2,1H3,(H,21,22,23)/t10-/m1/s1.